The van der Waals surface area contributed by atoms with Crippen LogP contribution in [0.4, 0.5) is 5.00 Å². The number of thiophene rings is 1. The summed E-state index contributed by atoms with van der Waals surface area (Å²) in [7, 11) is 0. The standard InChI is InChI=1S/C17H16N2OS/c18-17-9-13-3-1-12(8-16(13)21-17)11-2-4-14-10-19-5-6-20-15(14)7-11/h1-4,7-9,19H,5-6,10,18H2. The minimum Gasteiger partial charge on any atom is -0.492 e. The molecule has 3 aromatic rings. The first-order valence-corrected chi connectivity index (χ1v) is 7.87. The minimum atomic E-state index is 0.719. The molecule has 3 N–H and O–H groups in total. The summed E-state index contributed by atoms with van der Waals surface area (Å²) in [6.45, 7) is 2.48. The predicted molar refractivity (Wildman–Crippen MR) is 88.9 cm³/mol. The molecule has 106 valence electrons. The Balaban J connectivity index is 1.78. The van der Waals surface area contributed by atoms with Crippen molar-refractivity contribution in [1.82, 2.24) is 5.32 Å². The van der Waals surface area contributed by atoms with Gasteiger partial charge in [-0.2, -0.15) is 0 Å². The Morgan fingerprint density at radius 3 is 2.86 bits per heavy atom. The van der Waals surface area contributed by atoms with Crippen molar-refractivity contribution in [2.75, 3.05) is 18.9 Å². The summed E-state index contributed by atoms with van der Waals surface area (Å²) in [5, 5.41) is 5.42. The van der Waals surface area contributed by atoms with Gasteiger partial charge in [0.05, 0.1) is 5.00 Å². The number of hydrogen-bond donors (Lipinski definition) is 2. The van der Waals surface area contributed by atoms with E-state index in [1.54, 1.807) is 11.3 Å². The van der Waals surface area contributed by atoms with Crippen LogP contribution in [-0.2, 0) is 6.54 Å². The molecule has 0 aliphatic carbocycles. The highest BCUT2D eigenvalue weighted by Gasteiger charge is 2.10. The van der Waals surface area contributed by atoms with Crippen LogP contribution in [0, 0.1) is 0 Å². The lowest BCUT2D eigenvalue weighted by molar-refractivity contribution is 0.326. The van der Waals surface area contributed by atoms with E-state index >= 15 is 0 Å². The molecule has 21 heavy (non-hydrogen) atoms. The molecule has 0 fully saturated rings. The number of nitrogens with one attached hydrogen (secondary N) is 1. The number of hydrogen-bond acceptors (Lipinski definition) is 4. The molecule has 1 aromatic heterocycles. The van der Waals surface area contributed by atoms with Crippen LogP contribution >= 0.6 is 11.3 Å². The van der Waals surface area contributed by atoms with Crippen molar-refractivity contribution in [3.63, 3.8) is 0 Å². The molecule has 1 aliphatic rings. The Morgan fingerprint density at radius 2 is 1.90 bits per heavy atom. The van der Waals surface area contributed by atoms with Gasteiger partial charge in [-0.05, 0) is 34.7 Å². The number of benzene rings is 2. The molecular formula is C17H16N2OS. The van der Waals surface area contributed by atoms with Crippen molar-refractivity contribution in [3.8, 4) is 16.9 Å². The van der Waals surface area contributed by atoms with Gasteiger partial charge in [-0.3, -0.25) is 0 Å². The van der Waals surface area contributed by atoms with Gasteiger partial charge in [-0.25, -0.2) is 0 Å². The normalized spacial score (nSPS) is 14.5. The van der Waals surface area contributed by atoms with Gasteiger partial charge in [0.25, 0.3) is 0 Å². The van der Waals surface area contributed by atoms with Crippen LogP contribution in [0.25, 0.3) is 21.2 Å². The fourth-order valence-electron chi connectivity index (χ4n) is 2.70. The summed E-state index contributed by atoms with van der Waals surface area (Å²) < 4.78 is 7.05. The number of nitrogen functional groups attached to an aromatic ring is 1. The van der Waals surface area contributed by atoms with Crippen molar-refractivity contribution >= 4 is 26.4 Å². The molecule has 0 unspecified atom stereocenters. The summed E-state index contributed by atoms with van der Waals surface area (Å²) in [4.78, 5) is 0. The summed E-state index contributed by atoms with van der Waals surface area (Å²) in [6, 6.07) is 14.9. The third kappa shape index (κ3) is 2.37. The third-order valence-corrected chi connectivity index (χ3v) is 4.72. The SMILES string of the molecule is Nc1cc2ccc(-c3ccc4c(c3)OCCNC4)cc2s1. The van der Waals surface area contributed by atoms with E-state index in [9.17, 15) is 0 Å². The Morgan fingerprint density at radius 1 is 1.05 bits per heavy atom. The molecule has 0 atom stereocenters. The third-order valence-electron chi connectivity index (χ3n) is 3.79. The highest BCUT2D eigenvalue weighted by Crippen LogP contribution is 2.33. The lowest BCUT2D eigenvalue weighted by atomic mass is 10.0. The minimum absolute atomic E-state index is 0.719. The fraction of sp³-hybridized carbons (Fsp3) is 0.176. The van der Waals surface area contributed by atoms with E-state index in [0.717, 1.165) is 30.4 Å². The monoisotopic (exact) mass is 296 g/mol. The molecule has 0 saturated heterocycles. The van der Waals surface area contributed by atoms with Gasteiger partial charge in [-0.15, -0.1) is 11.3 Å². The Bertz CT molecular complexity index is 810. The fourth-order valence-corrected chi connectivity index (χ4v) is 3.57. The average molecular weight is 296 g/mol. The molecule has 0 radical (unpaired) electrons. The van der Waals surface area contributed by atoms with Gasteiger partial charge in [0, 0.05) is 23.4 Å². The van der Waals surface area contributed by atoms with Gasteiger partial charge < -0.3 is 15.8 Å². The number of fused-ring (bicyclic) bond motifs is 2. The Labute approximate surface area is 127 Å². The molecule has 3 nitrogen and oxygen atoms in total. The molecule has 0 bridgehead atoms. The van der Waals surface area contributed by atoms with Crippen LogP contribution in [-0.4, -0.2) is 13.2 Å². The molecule has 2 heterocycles. The Kier molecular flexibility index (Phi) is 3.05. The second-order valence-electron chi connectivity index (χ2n) is 5.25. The van der Waals surface area contributed by atoms with Crippen LogP contribution < -0.4 is 15.8 Å². The van der Waals surface area contributed by atoms with E-state index < -0.39 is 0 Å². The van der Waals surface area contributed by atoms with Crippen molar-refractivity contribution < 1.29 is 4.74 Å². The highest BCUT2D eigenvalue weighted by molar-refractivity contribution is 7.22. The first-order chi connectivity index (χ1) is 10.3. The first kappa shape index (κ1) is 12.7. The smallest absolute Gasteiger partial charge is 0.124 e. The van der Waals surface area contributed by atoms with Crippen LogP contribution in [0.2, 0.25) is 0 Å². The van der Waals surface area contributed by atoms with Crippen molar-refractivity contribution in [2.45, 2.75) is 6.54 Å². The zero-order valence-corrected chi connectivity index (χ0v) is 12.4. The average Bonchev–Trinajstić information content (AvgIpc) is 2.71. The molecule has 2 aromatic carbocycles. The number of nitrogens with two attached hydrogens (primary N) is 1. The van der Waals surface area contributed by atoms with Gasteiger partial charge >= 0.3 is 0 Å². The number of anilines is 1. The number of ether oxygens (including phenoxy) is 1. The van der Waals surface area contributed by atoms with Gasteiger partial charge in [-0.1, -0.05) is 24.3 Å². The largest absolute Gasteiger partial charge is 0.492 e. The van der Waals surface area contributed by atoms with Crippen LogP contribution in [0.5, 0.6) is 5.75 Å². The maximum absolute atomic E-state index is 5.88. The van der Waals surface area contributed by atoms with Crippen molar-refractivity contribution in [3.05, 3.63) is 48.0 Å². The summed E-state index contributed by atoms with van der Waals surface area (Å²) >= 11 is 1.63. The zero-order valence-electron chi connectivity index (χ0n) is 11.6. The lowest BCUT2D eigenvalue weighted by Gasteiger charge is -2.09. The molecule has 0 spiro atoms. The van der Waals surface area contributed by atoms with E-state index in [1.165, 1.54) is 26.8 Å². The maximum atomic E-state index is 5.88. The summed E-state index contributed by atoms with van der Waals surface area (Å²) in [5.74, 6) is 0.989. The number of rotatable bonds is 1. The second kappa shape index (κ2) is 5.06. The topological polar surface area (TPSA) is 47.3 Å². The lowest BCUT2D eigenvalue weighted by Crippen LogP contribution is -2.16. The maximum Gasteiger partial charge on any atom is 0.124 e. The zero-order chi connectivity index (χ0) is 14.2. The van der Waals surface area contributed by atoms with E-state index in [1.807, 2.05) is 6.07 Å². The van der Waals surface area contributed by atoms with E-state index in [2.05, 4.69) is 41.7 Å². The predicted octanol–water partition coefficient (Wildman–Crippen LogP) is 3.63. The van der Waals surface area contributed by atoms with E-state index in [-0.39, 0.29) is 0 Å². The molecular weight excluding hydrogens is 280 g/mol. The van der Waals surface area contributed by atoms with Crippen LogP contribution in [0.3, 0.4) is 0 Å². The van der Waals surface area contributed by atoms with Gasteiger partial charge in [0.2, 0.25) is 0 Å². The quantitative estimate of drug-likeness (QED) is 0.721. The Hall–Kier alpha value is -2.04. The van der Waals surface area contributed by atoms with E-state index in [4.69, 9.17) is 10.5 Å². The molecule has 0 amide bonds. The first-order valence-electron chi connectivity index (χ1n) is 7.05. The van der Waals surface area contributed by atoms with E-state index in [0.29, 0.717) is 0 Å². The van der Waals surface area contributed by atoms with Gasteiger partial charge in [0.15, 0.2) is 0 Å². The molecule has 1 aliphatic heterocycles. The molecule has 0 saturated carbocycles. The summed E-state index contributed by atoms with van der Waals surface area (Å²) in [5.41, 5.74) is 9.49. The second-order valence-corrected chi connectivity index (χ2v) is 6.36. The van der Waals surface area contributed by atoms with Gasteiger partial charge in [0.1, 0.15) is 12.4 Å². The van der Waals surface area contributed by atoms with Crippen molar-refractivity contribution in [1.29, 1.82) is 0 Å². The summed E-state index contributed by atoms with van der Waals surface area (Å²) in [6.07, 6.45) is 0. The van der Waals surface area contributed by atoms with Crippen molar-refractivity contribution in [2.24, 2.45) is 0 Å². The highest BCUT2D eigenvalue weighted by atomic mass is 32.1. The van der Waals surface area contributed by atoms with Crippen LogP contribution in [0.1, 0.15) is 5.56 Å². The molecule has 4 rings (SSSR count). The van der Waals surface area contributed by atoms with Crippen LogP contribution in [0.15, 0.2) is 42.5 Å². The molecule has 4 heteroatoms.